The first-order chi connectivity index (χ1) is 4.23. The monoisotopic (exact) mass is 130 g/mol. The van der Waals surface area contributed by atoms with Gasteiger partial charge < -0.3 is 9.84 Å². The second kappa shape index (κ2) is 2.27. The van der Waals surface area contributed by atoms with E-state index in [4.69, 9.17) is 9.84 Å². The number of aliphatic hydroxyl groups is 1. The average molecular weight is 130 g/mol. The summed E-state index contributed by atoms with van der Waals surface area (Å²) < 4.78 is 5.08. The summed E-state index contributed by atoms with van der Waals surface area (Å²) in [5, 5.41) is 8.78. The number of hydrogen-bond donors (Lipinski definition) is 1. The molecule has 2 heteroatoms. The summed E-state index contributed by atoms with van der Waals surface area (Å²) in [6.45, 7) is 2.31. The third kappa shape index (κ3) is 1.25. The number of aliphatic hydroxyl groups excluding tert-OH is 1. The lowest BCUT2D eigenvalue weighted by Crippen LogP contribution is -2.25. The maximum atomic E-state index is 8.78. The molecule has 0 spiro atoms. The summed E-state index contributed by atoms with van der Waals surface area (Å²) in [6, 6.07) is 0. The molecular weight excluding hydrogens is 116 g/mol. The van der Waals surface area contributed by atoms with Crippen molar-refractivity contribution in [3.63, 3.8) is 0 Å². The summed E-state index contributed by atoms with van der Waals surface area (Å²) >= 11 is 0. The van der Waals surface area contributed by atoms with Gasteiger partial charge in [-0.25, -0.2) is 0 Å². The lowest BCUT2D eigenvalue weighted by molar-refractivity contribution is 0.00329. The molecular formula is C7H14O2. The van der Waals surface area contributed by atoms with E-state index in [1.165, 1.54) is 12.8 Å². The number of hydrogen-bond acceptors (Lipinski definition) is 2. The van der Waals surface area contributed by atoms with E-state index in [0.29, 0.717) is 5.41 Å². The maximum Gasteiger partial charge on any atom is 0.0855 e. The molecule has 1 aliphatic rings. The van der Waals surface area contributed by atoms with Crippen LogP contribution in [0, 0.1) is 5.41 Å². The highest BCUT2D eigenvalue weighted by Crippen LogP contribution is 2.48. The van der Waals surface area contributed by atoms with Crippen molar-refractivity contribution in [2.75, 3.05) is 13.7 Å². The molecule has 1 aliphatic carbocycles. The predicted molar refractivity (Wildman–Crippen MR) is 35.2 cm³/mol. The van der Waals surface area contributed by atoms with Gasteiger partial charge in [0.2, 0.25) is 0 Å². The molecule has 1 unspecified atom stereocenters. The third-order valence-electron chi connectivity index (χ3n) is 2.27. The highest BCUT2D eigenvalue weighted by atomic mass is 16.5. The molecule has 0 radical (unpaired) electrons. The predicted octanol–water partition coefficient (Wildman–Crippen LogP) is 0.794. The van der Waals surface area contributed by atoms with Crippen LogP contribution >= 0.6 is 0 Å². The first-order valence-electron chi connectivity index (χ1n) is 3.36. The fourth-order valence-corrected chi connectivity index (χ4v) is 1.10. The standard InChI is InChI=1S/C7H14O2/c1-7(3-4-7)6(5-8)9-2/h6,8H,3-5H2,1-2H3. The highest BCUT2D eigenvalue weighted by molar-refractivity contribution is 4.95. The van der Waals surface area contributed by atoms with Crippen molar-refractivity contribution < 1.29 is 9.84 Å². The van der Waals surface area contributed by atoms with Crippen molar-refractivity contribution in [1.82, 2.24) is 0 Å². The Kier molecular flexibility index (Phi) is 1.78. The van der Waals surface area contributed by atoms with Crippen LogP contribution in [0.15, 0.2) is 0 Å². The van der Waals surface area contributed by atoms with Crippen LogP contribution in [0.3, 0.4) is 0 Å². The number of methoxy groups -OCH3 is 1. The topological polar surface area (TPSA) is 29.5 Å². The summed E-state index contributed by atoms with van der Waals surface area (Å²) in [5.74, 6) is 0. The first-order valence-corrected chi connectivity index (χ1v) is 3.36. The van der Waals surface area contributed by atoms with Crippen LogP contribution in [0.2, 0.25) is 0 Å². The van der Waals surface area contributed by atoms with Gasteiger partial charge in [0.05, 0.1) is 12.7 Å². The molecule has 1 atom stereocenters. The van der Waals surface area contributed by atoms with E-state index in [0.717, 1.165) is 0 Å². The lowest BCUT2D eigenvalue weighted by atomic mass is 10.0. The van der Waals surface area contributed by atoms with Gasteiger partial charge in [-0.3, -0.25) is 0 Å². The summed E-state index contributed by atoms with van der Waals surface area (Å²) in [6.07, 6.45) is 2.47. The fraction of sp³-hybridized carbons (Fsp3) is 1.00. The molecule has 1 rings (SSSR count). The van der Waals surface area contributed by atoms with Crippen molar-refractivity contribution in [2.24, 2.45) is 5.41 Å². The van der Waals surface area contributed by atoms with Crippen molar-refractivity contribution >= 4 is 0 Å². The maximum absolute atomic E-state index is 8.78. The van der Waals surface area contributed by atoms with Gasteiger partial charge in [-0.1, -0.05) is 6.92 Å². The second-order valence-corrected chi connectivity index (χ2v) is 3.06. The Morgan fingerprint density at radius 2 is 2.22 bits per heavy atom. The van der Waals surface area contributed by atoms with Gasteiger partial charge in [-0.15, -0.1) is 0 Å². The molecule has 54 valence electrons. The Hall–Kier alpha value is -0.0800. The number of ether oxygens (including phenoxy) is 1. The van der Waals surface area contributed by atoms with Crippen LogP contribution in [0.1, 0.15) is 19.8 Å². The van der Waals surface area contributed by atoms with E-state index in [9.17, 15) is 0 Å². The molecule has 0 aromatic rings. The SMILES string of the molecule is COC(CO)C1(C)CC1. The van der Waals surface area contributed by atoms with Gasteiger partial charge in [-0.05, 0) is 18.3 Å². The van der Waals surface area contributed by atoms with Crippen molar-refractivity contribution in [3.8, 4) is 0 Å². The van der Waals surface area contributed by atoms with E-state index in [1.807, 2.05) is 0 Å². The summed E-state index contributed by atoms with van der Waals surface area (Å²) in [5.41, 5.74) is 0.295. The zero-order chi connectivity index (χ0) is 6.91. The first kappa shape index (κ1) is 7.03. The van der Waals surface area contributed by atoms with Gasteiger partial charge in [0.25, 0.3) is 0 Å². The quantitative estimate of drug-likeness (QED) is 0.612. The third-order valence-corrected chi connectivity index (χ3v) is 2.27. The fourth-order valence-electron chi connectivity index (χ4n) is 1.10. The minimum Gasteiger partial charge on any atom is -0.394 e. The molecule has 0 saturated heterocycles. The van der Waals surface area contributed by atoms with E-state index in [2.05, 4.69) is 6.92 Å². The largest absolute Gasteiger partial charge is 0.394 e. The lowest BCUT2D eigenvalue weighted by Gasteiger charge is -2.18. The molecule has 2 nitrogen and oxygen atoms in total. The van der Waals surface area contributed by atoms with Gasteiger partial charge in [0.15, 0.2) is 0 Å². The molecule has 1 N–H and O–H groups in total. The smallest absolute Gasteiger partial charge is 0.0855 e. The second-order valence-electron chi connectivity index (χ2n) is 3.06. The molecule has 9 heavy (non-hydrogen) atoms. The normalized spacial score (nSPS) is 25.7. The van der Waals surface area contributed by atoms with Crippen LogP contribution in [-0.4, -0.2) is 24.9 Å². The zero-order valence-electron chi connectivity index (χ0n) is 6.05. The Bertz CT molecular complexity index is 93.1. The van der Waals surface area contributed by atoms with Crippen molar-refractivity contribution in [2.45, 2.75) is 25.9 Å². The van der Waals surface area contributed by atoms with Crippen molar-refractivity contribution in [1.29, 1.82) is 0 Å². The van der Waals surface area contributed by atoms with Gasteiger partial charge in [0, 0.05) is 7.11 Å². The van der Waals surface area contributed by atoms with Gasteiger partial charge in [-0.2, -0.15) is 0 Å². The molecule has 0 amide bonds. The minimum absolute atomic E-state index is 0.0671. The van der Waals surface area contributed by atoms with E-state index in [1.54, 1.807) is 7.11 Å². The van der Waals surface area contributed by atoms with Gasteiger partial charge in [0.1, 0.15) is 0 Å². The number of rotatable bonds is 3. The van der Waals surface area contributed by atoms with Crippen LogP contribution in [0.5, 0.6) is 0 Å². The molecule has 0 aromatic carbocycles. The average Bonchev–Trinajstić information content (AvgIpc) is 2.52. The van der Waals surface area contributed by atoms with E-state index < -0.39 is 0 Å². The Morgan fingerprint density at radius 1 is 1.67 bits per heavy atom. The van der Waals surface area contributed by atoms with Crippen LogP contribution in [0.4, 0.5) is 0 Å². The molecule has 1 saturated carbocycles. The molecule has 1 fully saturated rings. The molecule has 0 bridgehead atoms. The highest BCUT2D eigenvalue weighted by Gasteiger charge is 2.44. The molecule has 0 aromatic heterocycles. The van der Waals surface area contributed by atoms with Crippen LogP contribution in [0.25, 0.3) is 0 Å². The summed E-state index contributed by atoms with van der Waals surface area (Å²) in [4.78, 5) is 0. The van der Waals surface area contributed by atoms with E-state index in [-0.39, 0.29) is 12.7 Å². The van der Waals surface area contributed by atoms with Crippen LogP contribution < -0.4 is 0 Å². The van der Waals surface area contributed by atoms with E-state index >= 15 is 0 Å². The van der Waals surface area contributed by atoms with Gasteiger partial charge >= 0.3 is 0 Å². The summed E-state index contributed by atoms with van der Waals surface area (Å²) in [7, 11) is 1.66. The Morgan fingerprint density at radius 3 is 2.33 bits per heavy atom. The zero-order valence-corrected chi connectivity index (χ0v) is 6.05. The molecule has 0 heterocycles. The Balaban J connectivity index is 2.37. The molecule has 0 aliphatic heterocycles. The minimum atomic E-state index is 0.0671. The Labute approximate surface area is 55.8 Å². The van der Waals surface area contributed by atoms with Crippen LogP contribution in [-0.2, 0) is 4.74 Å². The van der Waals surface area contributed by atoms with Crippen molar-refractivity contribution in [3.05, 3.63) is 0 Å².